The van der Waals surface area contributed by atoms with Gasteiger partial charge in [0, 0.05) is 51.2 Å². The molecule has 6 heterocycles. The third-order valence-corrected chi connectivity index (χ3v) is 18.1. The summed E-state index contributed by atoms with van der Waals surface area (Å²) in [6, 6.07) is 93.4. The Balaban J connectivity index is 0.997. The van der Waals surface area contributed by atoms with Crippen molar-refractivity contribution in [2.45, 2.75) is 0 Å². The Hall–Kier alpha value is -10.4. The first-order valence-electron chi connectivity index (χ1n) is 28.0. The fraction of sp³-hybridized carbons (Fsp3) is 0. The molecule has 0 aromatic heterocycles. The van der Waals surface area contributed by atoms with Crippen LogP contribution in [-0.4, -0.2) is 20.1 Å². The molecule has 19 rings (SSSR count). The van der Waals surface area contributed by atoms with Gasteiger partial charge in [-0.1, -0.05) is 146 Å². The smallest absolute Gasteiger partial charge is 0.256 e. The highest BCUT2D eigenvalue weighted by atomic mass is 16.5. The molecular formula is C72H42B3N3O3. The van der Waals surface area contributed by atoms with E-state index in [1.165, 1.54) is 65.1 Å². The first kappa shape index (κ1) is 43.6. The second kappa shape index (κ2) is 16.1. The highest BCUT2D eigenvalue weighted by Crippen LogP contribution is 2.49. The van der Waals surface area contributed by atoms with Crippen LogP contribution in [0, 0.1) is 0 Å². The minimum Gasteiger partial charge on any atom is -0.458 e. The van der Waals surface area contributed by atoms with Crippen LogP contribution in [0.4, 0.5) is 51.2 Å². The zero-order chi connectivity index (χ0) is 52.6. The van der Waals surface area contributed by atoms with Gasteiger partial charge in [-0.15, -0.1) is 0 Å². The molecule has 81 heavy (non-hydrogen) atoms. The van der Waals surface area contributed by atoms with Crippen LogP contribution in [0.15, 0.2) is 255 Å². The monoisotopic (exact) mass is 1030 g/mol. The van der Waals surface area contributed by atoms with Crippen LogP contribution in [0.3, 0.4) is 0 Å². The maximum atomic E-state index is 6.87. The van der Waals surface area contributed by atoms with Crippen LogP contribution in [-0.2, 0) is 0 Å². The van der Waals surface area contributed by atoms with E-state index >= 15 is 0 Å². The van der Waals surface area contributed by atoms with Crippen LogP contribution in [0.2, 0.25) is 0 Å². The second-order valence-corrected chi connectivity index (χ2v) is 22.2. The van der Waals surface area contributed by atoms with Gasteiger partial charge in [-0.25, -0.2) is 0 Å². The van der Waals surface area contributed by atoms with Gasteiger partial charge in [0.05, 0.1) is 0 Å². The summed E-state index contributed by atoms with van der Waals surface area (Å²) in [4.78, 5) is 7.43. The van der Waals surface area contributed by atoms with Crippen molar-refractivity contribution in [2.75, 3.05) is 14.7 Å². The molecule has 0 radical (unpaired) electrons. The van der Waals surface area contributed by atoms with E-state index in [4.69, 9.17) is 14.2 Å². The number of benzene rings is 13. The van der Waals surface area contributed by atoms with E-state index in [-0.39, 0.29) is 20.1 Å². The van der Waals surface area contributed by atoms with Crippen LogP contribution in [0.5, 0.6) is 34.5 Å². The molecule has 0 N–H and O–H groups in total. The van der Waals surface area contributed by atoms with Crippen LogP contribution < -0.4 is 78.1 Å². The van der Waals surface area contributed by atoms with Gasteiger partial charge in [0.15, 0.2) is 0 Å². The molecule has 0 saturated heterocycles. The molecule has 0 unspecified atom stereocenters. The lowest BCUT2D eigenvalue weighted by molar-refractivity contribution is 0.487. The van der Waals surface area contributed by atoms with E-state index in [0.29, 0.717) is 0 Å². The van der Waals surface area contributed by atoms with Crippen molar-refractivity contribution in [1.29, 1.82) is 0 Å². The van der Waals surface area contributed by atoms with Gasteiger partial charge >= 0.3 is 0 Å². The molecule has 0 spiro atoms. The van der Waals surface area contributed by atoms with E-state index in [0.717, 1.165) is 102 Å². The van der Waals surface area contributed by atoms with Gasteiger partial charge in [0.2, 0.25) is 0 Å². The minimum atomic E-state index is -0.0925. The van der Waals surface area contributed by atoms with E-state index in [1.54, 1.807) is 0 Å². The molecule has 0 fully saturated rings. The summed E-state index contributed by atoms with van der Waals surface area (Å²) in [6.07, 6.45) is 0. The van der Waals surface area contributed by atoms with Crippen molar-refractivity contribution >= 4 is 153 Å². The first-order chi connectivity index (χ1) is 40.2. The summed E-state index contributed by atoms with van der Waals surface area (Å²) < 4.78 is 20.6. The lowest BCUT2D eigenvalue weighted by Crippen LogP contribution is -2.59. The largest absolute Gasteiger partial charge is 0.458 e. The maximum Gasteiger partial charge on any atom is 0.256 e. The van der Waals surface area contributed by atoms with Crippen molar-refractivity contribution in [2.24, 2.45) is 0 Å². The number of hydrogen-bond donors (Lipinski definition) is 0. The van der Waals surface area contributed by atoms with Crippen molar-refractivity contribution in [3.63, 3.8) is 0 Å². The molecular weight excluding hydrogens is 987 g/mol. The number of ether oxygens (including phenoxy) is 3. The first-order valence-corrected chi connectivity index (χ1v) is 28.0. The lowest BCUT2D eigenvalue weighted by atomic mass is 9.33. The zero-order valence-electron chi connectivity index (χ0n) is 43.5. The number of hydrogen-bond acceptors (Lipinski definition) is 6. The molecule has 0 atom stereocenters. The zero-order valence-corrected chi connectivity index (χ0v) is 43.5. The number of nitrogens with zero attached hydrogens (tertiary/aromatic N) is 3. The van der Waals surface area contributed by atoms with Crippen molar-refractivity contribution in [3.05, 3.63) is 255 Å². The van der Waals surface area contributed by atoms with Crippen LogP contribution in [0.25, 0.3) is 32.3 Å². The minimum absolute atomic E-state index is 0.0918. The van der Waals surface area contributed by atoms with Crippen molar-refractivity contribution in [1.82, 2.24) is 0 Å². The molecule has 0 amide bonds. The predicted molar refractivity (Wildman–Crippen MR) is 337 cm³/mol. The highest BCUT2D eigenvalue weighted by molar-refractivity contribution is 7.01. The quantitative estimate of drug-likeness (QED) is 0.130. The Morgan fingerprint density at radius 3 is 0.778 bits per heavy atom. The molecule has 0 saturated carbocycles. The Kier molecular flexibility index (Phi) is 8.68. The third kappa shape index (κ3) is 5.89. The maximum absolute atomic E-state index is 6.87. The Bertz CT molecular complexity index is 4920. The summed E-state index contributed by atoms with van der Waals surface area (Å²) in [5.74, 6) is 5.34. The van der Waals surface area contributed by atoms with E-state index < -0.39 is 0 Å². The summed E-state index contributed by atoms with van der Waals surface area (Å²) >= 11 is 0. The summed E-state index contributed by atoms with van der Waals surface area (Å²) in [5.41, 5.74) is 20.8. The second-order valence-electron chi connectivity index (χ2n) is 22.2. The van der Waals surface area contributed by atoms with Gasteiger partial charge in [0.1, 0.15) is 34.5 Å². The van der Waals surface area contributed by atoms with E-state index in [2.05, 4.69) is 269 Å². The summed E-state index contributed by atoms with van der Waals surface area (Å²) in [5, 5.41) is 7.15. The molecule has 13 aromatic carbocycles. The predicted octanol–water partition coefficient (Wildman–Crippen LogP) is 12.4. The number of anilines is 9. The van der Waals surface area contributed by atoms with Crippen LogP contribution in [0.1, 0.15) is 0 Å². The molecule has 372 valence electrons. The molecule has 9 heteroatoms. The SMILES string of the molecule is c1ccc(N2c3cc4c(cc3B3c5ccccc5Oc5cccc2c53)c2cc3c(cc2c2cc5c(cc42)B2c4ccccc4Oc4cccc(c42)N5c2ccccc2)N(c2ccccc2)c2cccc4c2B3c2ccccc2O4)cc1. The topological polar surface area (TPSA) is 37.4 Å². The fourth-order valence-corrected chi connectivity index (χ4v) is 14.9. The van der Waals surface area contributed by atoms with Crippen LogP contribution >= 0.6 is 0 Å². The molecule has 6 aliphatic rings. The third-order valence-electron chi connectivity index (χ3n) is 18.1. The summed E-state index contributed by atoms with van der Waals surface area (Å²) in [6.45, 7) is -0.276. The standard InChI is InChI=1S/C72H42B3N3O3/c1-4-19-43(20-5-1)76-58-28-16-34-67-70(58)73(52-25-10-13-31-64(52)79-67)55-37-46-47-38-56-62(77(44-21-6-2-7-22-44)59-29-17-35-68-71(59)74(56)53-26-11-14-32-65(53)80-68)41-50(47)51-42-63-57(39-48(51)49(46)40-61(55)76)75-54-27-12-15-33-66(54)81-69-36-18-30-60(72(69)75)78(63)45-23-8-3-9-24-45/h1-42H. The average Bonchev–Trinajstić information content (AvgIpc) is 3.69. The van der Waals surface area contributed by atoms with E-state index in [1.807, 2.05) is 0 Å². The normalized spacial score (nSPS) is 14.1. The van der Waals surface area contributed by atoms with Gasteiger partial charge in [-0.2, -0.15) is 0 Å². The highest BCUT2D eigenvalue weighted by Gasteiger charge is 2.46. The molecule has 6 nitrogen and oxygen atoms in total. The molecule has 13 aromatic rings. The number of fused-ring (bicyclic) bond motifs is 18. The van der Waals surface area contributed by atoms with Gasteiger partial charge in [-0.3, -0.25) is 0 Å². The van der Waals surface area contributed by atoms with Crippen molar-refractivity contribution < 1.29 is 14.2 Å². The van der Waals surface area contributed by atoms with Gasteiger partial charge < -0.3 is 28.9 Å². The number of rotatable bonds is 3. The summed E-state index contributed by atoms with van der Waals surface area (Å²) in [7, 11) is 0. The molecule has 6 aliphatic heterocycles. The average molecular weight is 1030 g/mol. The molecule has 0 aliphatic carbocycles. The lowest BCUT2D eigenvalue weighted by Gasteiger charge is -2.41. The van der Waals surface area contributed by atoms with Gasteiger partial charge in [0.25, 0.3) is 20.1 Å². The Morgan fingerprint density at radius 2 is 0.469 bits per heavy atom. The van der Waals surface area contributed by atoms with E-state index in [9.17, 15) is 0 Å². The van der Waals surface area contributed by atoms with Crippen molar-refractivity contribution in [3.8, 4) is 34.5 Å². The Labute approximate surface area is 468 Å². The fourth-order valence-electron chi connectivity index (χ4n) is 14.9. The molecule has 0 bridgehead atoms. The number of para-hydroxylation sites is 6. The van der Waals surface area contributed by atoms with Gasteiger partial charge in [-0.05, 0) is 191 Å². The Morgan fingerprint density at radius 1 is 0.210 bits per heavy atom.